The van der Waals surface area contributed by atoms with Crippen molar-refractivity contribution in [2.75, 3.05) is 0 Å². The van der Waals surface area contributed by atoms with Crippen molar-refractivity contribution in [2.45, 2.75) is 89.3 Å². The van der Waals surface area contributed by atoms with Crippen LogP contribution in [0.2, 0.25) is 0 Å². The Labute approximate surface area is 157 Å². The predicted molar refractivity (Wildman–Crippen MR) is 103 cm³/mol. The second-order valence-corrected chi connectivity index (χ2v) is 8.07. The Balaban J connectivity index is 1.81. The summed E-state index contributed by atoms with van der Waals surface area (Å²) in [6.45, 7) is 0. The van der Waals surface area contributed by atoms with E-state index < -0.39 is 12.1 Å². The number of halogens is 1. The molecule has 2 saturated carbocycles. The standard InChI is InChI=1S/C22H35FO3/c23-20(14-8-16-22(25)26)19-13-6-4-9-17(19)10-5-7-15-21(24)18-11-2-1-3-12-18/h5,7,10,15,17-21,24H,1-4,6,8-9,11-14,16H2,(H,25,26)/b10-5+,15-7+/t17-,19-,20+,21-/m0/s1. The maximum absolute atomic E-state index is 14.6. The van der Waals surface area contributed by atoms with E-state index in [2.05, 4.69) is 6.08 Å². The van der Waals surface area contributed by atoms with Crippen LogP contribution in [0.3, 0.4) is 0 Å². The van der Waals surface area contributed by atoms with Gasteiger partial charge < -0.3 is 10.2 Å². The molecular formula is C22H35FO3. The highest BCUT2D eigenvalue weighted by atomic mass is 19.1. The molecule has 0 aromatic rings. The van der Waals surface area contributed by atoms with Crippen molar-refractivity contribution in [2.24, 2.45) is 17.8 Å². The molecule has 0 bridgehead atoms. The SMILES string of the molecule is O=C(O)CCC[C@@H](F)[C@H]1CCCC[C@H]1/C=C/C=C/[C@H](O)C1CCCCC1. The van der Waals surface area contributed by atoms with Crippen LogP contribution < -0.4 is 0 Å². The maximum Gasteiger partial charge on any atom is 0.303 e. The maximum atomic E-state index is 14.6. The normalized spacial score (nSPS) is 27.8. The van der Waals surface area contributed by atoms with Crippen LogP contribution in [0, 0.1) is 17.8 Å². The van der Waals surface area contributed by atoms with Gasteiger partial charge in [-0.15, -0.1) is 0 Å². The topological polar surface area (TPSA) is 57.5 Å². The van der Waals surface area contributed by atoms with Gasteiger partial charge in [0.1, 0.15) is 6.17 Å². The largest absolute Gasteiger partial charge is 0.481 e. The number of aliphatic hydroxyl groups excluding tert-OH is 1. The van der Waals surface area contributed by atoms with Crippen LogP contribution in [-0.4, -0.2) is 28.5 Å². The van der Waals surface area contributed by atoms with E-state index in [4.69, 9.17) is 5.11 Å². The van der Waals surface area contributed by atoms with Crippen molar-refractivity contribution in [3.8, 4) is 0 Å². The first-order valence-corrected chi connectivity index (χ1v) is 10.5. The fraction of sp³-hybridized carbons (Fsp3) is 0.773. The molecule has 0 aliphatic heterocycles. The van der Waals surface area contributed by atoms with Crippen molar-refractivity contribution in [1.82, 2.24) is 0 Å². The Bertz CT molecular complexity index is 468. The molecule has 0 aromatic carbocycles. The number of rotatable bonds is 9. The fourth-order valence-electron chi connectivity index (χ4n) is 4.56. The van der Waals surface area contributed by atoms with Crippen LogP contribution >= 0.6 is 0 Å². The minimum atomic E-state index is -0.916. The second kappa shape index (κ2) is 11.5. The summed E-state index contributed by atoms with van der Waals surface area (Å²) in [5.41, 5.74) is 0. The number of carbonyl (C=O) groups is 1. The highest BCUT2D eigenvalue weighted by Crippen LogP contribution is 2.36. The van der Waals surface area contributed by atoms with Gasteiger partial charge in [0.25, 0.3) is 0 Å². The van der Waals surface area contributed by atoms with Gasteiger partial charge in [-0.2, -0.15) is 0 Å². The van der Waals surface area contributed by atoms with E-state index in [-0.39, 0.29) is 24.4 Å². The van der Waals surface area contributed by atoms with Crippen LogP contribution in [0.4, 0.5) is 4.39 Å². The molecule has 26 heavy (non-hydrogen) atoms. The first-order valence-electron chi connectivity index (χ1n) is 10.5. The van der Waals surface area contributed by atoms with Gasteiger partial charge in [-0.1, -0.05) is 56.4 Å². The summed E-state index contributed by atoms with van der Waals surface area (Å²) >= 11 is 0. The highest BCUT2D eigenvalue weighted by Gasteiger charge is 2.30. The molecule has 0 saturated heterocycles. The van der Waals surface area contributed by atoms with Gasteiger partial charge >= 0.3 is 5.97 Å². The molecule has 2 aliphatic carbocycles. The summed E-state index contributed by atoms with van der Waals surface area (Å²) < 4.78 is 14.6. The van der Waals surface area contributed by atoms with Crippen LogP contribution in [0.25, 0.3) is 0 Å². The van der Waals surface area contributed by atoms with Crippen molar-refractivity contribution < 1.29 is 19.4 Å². The van der Waals surface area contributed by atoms with Crippen LogP contribution in [-0.2, 0) is 4.79 Å². The third kappa shape index (κ3) is 7.22. The molecule has 2 N–H and O–H groups in total. The second-order valence-electron chi connectivity index (χ2n) is 8.07. The summed E-state index contributed by atoms with van der Waals surface area (Å²) in [5.74, 6) is -0.232. The summed E-state index contributed by atoms with van der Waals surface area (Å²) in [7, 11) is 0. The van der Waals surface area contributed by atoms with Gasteiger partial charge in [0.05, 0.1) is 6.10 Å². The molecule has 0 aromatic heterocycles. The van der Waals surface area contributed by atoms with Gasteiger partial charge in [0, 0.05) is 6.42 Å². The van der Waals surface area contributed by atoms with E-state index in [0.29, 0.717) is 18.8 Å². The molecule has 4 heteroatoms. The number of carboxylic acids is 1. The molecule has 0 radical (unpaired) electrons. The lowest BCUT2D eigenvalue weighted by Crippen LogP contribution is -2.27. The Morgan fingerprint density at radius 1 is 1.04 bits per heavy atom. The molecule has 2 aliphatic rings. The van der Waals surface area contributed by atoms with Crippen molar-refractivity contribution >= 4 is 5.97 Å². The van der Waals surface area contributed by atoms with E-state index in [1.807, 2.05) is 18.2 Å². The van der Waals surface area contributed by atoms with Gasteiger partial charge in [0.2, 0.25) is 0 Å². The van der Waals surface area contributed by atoms with Crippen molar-refractivity contribution in [3.63, 3.8) is 0 Å². The summed E-state index contributed by atoms with van der Waals surface area (Å²) in [6, 6.07) is 0. The van der Waals surface area contributed by atoms with Crippen LogP contribution in [0.15, 0.2) is 24.3 Å². The lowest BCUT2D eigenvalue weighted by molar-refractivity contribution is -0.137. The molecule has 0 spiro atoms. The zero-order valence-corrected chi connectivity index (χ0v) is 15.9. The number of hydrogen-bond acceptors (Lipinski definition) is 2. The Morgan fingerprint density at radius 3 is 2.46 bits per heavy atom. The van der Waals surface area contributed by atoms with Gasteiger partial charge in [-0.25, -0.2) is 4.39 Å². The third-order valence-corrected chi connectivity index (χ3v) is 6.12. The lowest BCUT2D eigenvalue weighted by Gasteiger charge is -2.32. The molecule has 0 unspecified atom stereocenters. The van der Waals surface area contributed by atoms with E-state index in [1.165, 1.54) is 19.3 Å². The molecule has 3 nitrogen and oxygen atoms in total. The van der Waals surface area contributed by atoms with Gasteiger partial charge in [-0.3, -0.25) is 4.79 Å². The first-order chi connectivity index (χ1) is 12.6. The zero-order chi connectivity index (χ0) is 18.8. The summed E-state index contributed by atoms with van der Waals surface area (Å²) in [6.07, 6.45) is 17.4. The minimum absolute atomic E-state index is 0.00506. The van der Waals surface area contributed by atoms with Crippen molar-refractivity contribution in [3.05, 3.63) is 24.3 Å². The average molecular weight is 367 g/mol. The number of allylic oxidation sites excluding steroid dienone is 3. The number of aliphatic hydroxyl groups is 1. The molecule has 0 amide bonds. The summed E-state index contributed by atoms with van der Waals surface area (Å²) in [4.78, 5) is 10.6. The number of hydrogen-bond donors (Lipinski definition) is 2. The smallest absolute Gasteiger partial charge is 0.303 e. The fourth-order valence-corrected chi connectivity index (χ4v) is 4.56. The molecular weight excluding hydrogens is 331 g/mol. The van der Waals surface area contributed by atoms with E-state index in [9.17, 15) is 14.3 Å². The Morgan fingerprint density at radius 2 is 1.73 bits per heavy atom. The summed E-state index contributed by atoms with van der Waals surface area (Å²) in [5, 5.41) is 19.0. The monoisotopic (exact) mass is 366 g/mol. The van der Waals surface area contributed by atoms with Crippen molar-refractivity contribution in [1.29, 1.82) is 0 Å². The van der Waals surface area contributed by atoms with E-state index >= 15 is 0 Å². The lowest BCUT2D eigenvalue weighted by atomic mass is 9.75. The zero-order valence-electron chi connectivity index (χ0n) is 15.9. The van der Waals surface area contributed by atoms with Crippen LogP contribution in [0.5, 0.6) is 0 Å². The number of alkyl halides is 1. The van der Waals surface area contributed by atoms with E-state index in [0.717, 1.165) is 38.5 Å². The molecule has 4 atom stereocenters. The molecule has 0 heterocycles. The van der Waals surface area contributed by atoms with E-state index in [1.54, 1.807) is 0 Å². The molecule has 2 rings (SSSR count). The Hall–Kier alpha value is -1.16. The minimum Gasteiger partial charge on any atom is -0.481 e. The predicted octanol–water partition coefficient (Wildman–Crippen LogP) is 5.44. The van der Waals surface area contributed by atoms with Gasteiger partial charge in [0.15, 0.2) is 0 Å². The third-order valence-electron chi connectivity index (χ3n) is 6.12. The van der Waals surface area contributed by atoms with Gasteiger partial charge in [-0.05, 0) is 56.3 Å². The Kier molecular flexibility index (Phi) is 9.38. The quantitative estimate of drug-likeness (QED) is 0.534. The average Bonchev–Trinajstić information content (AvgIpc) is 2.65. The highest BCUT2D eigenvalue weighted by molar-refractivity contribution is 5.66. The van der Waals surface area contributed by atoms with Crippen LogP contribution in [0.1, 0.15) is 77.0 Å². The molecule has 2 fully saturated rings. The first kappa shape index (κ1) is 21.1. The molecule has 148 valence electrons. The number of aliphatic carboxylic acids is 1. The number of carboxylic acid groups (broad SMARTS) is 1.